The second-order valence-electron chi connectivity index (χ2n) is 4.60. The molecule has 0 saturated carbocycles. The first-order valence-corrected chi connectivity index (χ1v) is 7.26. The first kappa shape index (κ1) is 16.9. The SMILES string of the molecule is COc1ccc([N+](=O)[O-])cc1NC(=O)Cc1cc(Br)ccc1F. The van der Waals surface area contributed by atoms with Crippen LogP contribution in [0.4, 0.5) is 15.8 Å². The van der Waals surface area contributed by atoms with E-state index in [-0.39, 0.29) is 29.1 Å². The van der Waals surface area contributed by atoms with E-state index in [0.29, 0.717) is 4.47 Å². The minimum absolute atomic E-state index is 0.155. The highest BCUT2D eigenvalue weighted by Gasteiger charge is 2.15. The summed E-state index contributed by atoms with van der Waals surface area (Å²) in [6.07, 6.45) is -0.211. The number of methoxy groups -OCH3 is 1. The van der Waals surface area contributed by atoms with Gasteiger partial charge in [0, 0.05) is 16.6 Å². The van der Waals surface area contributed by atoms with E-state index in [1.807, 2.05) is 0 Å². The Hall–Kier alpha value is -2.48. The van der Waals surface area contributed by atoms with Gasteiger partial charge in [-0.15, -0.1) is 0 Å². The maximum absolute atomic E-state index is 13.7. The topological polar surface area (TPSA) is 81.5 Å². The van der Waals surface area contributed by atoms with Crippen molar-refractivity contribution >= 4 is 33.2 Å². The van der Waals surface area contributed by atoms with E-state index in [4.69, 9.17) is 4.74 Å². The summed E-state index contributed by atoms with van der Waals surface area (Å²) in [7, 11) is 1.38. The van der Waals surface area contributed by atoms with Crippen LogP contribution in [0.5, 0.6) is 5.75 Å². The number of ether oxygens (including phenoxy) is 1. The van der Waals surface area contributed by atoms with E-state index in [9.17, 15) is 19.3 Å². The highest BCUT2D eigenvalue weighted by molar-refractivity contribution is 9.10. The third-order valence-electron chi connectivity index (χ3n) is 3.03. The quantitative estimate of drug-likeness (QED) is 0.631. The molecule has 0 aromatic heterocycles. The van der Waals surface area contributed by atoms with Gasteiger partial charge in [0.25, 0.3) is 5.69 Å². The zero-order valence-electron chi connectivity index (χ0n) is 12.0. The van der Waals surface area contributed by atoms with Gasteiger partial charge in [-0.1, -0.05) is 15.9 Å². The molecule has 0 aliphatic heterocycles. The summed E-state index contributed by atoms with van der Waals surface area (Å²) in [5, 5.41) is 13.3. The fourth-order valence-corrected chi connectivity index (χ4v) is 2.36. The third kappa shape index (κ3) is 4.26. The summed E-state index contributed by atoms with van der Waals surface area (Å²) in [6, 6.07) is 8.12. The van der Waals surface area contributed by atoms with Gasteiger partial charge in [0.2, 0.25) is 5.91 Å². The molecule has 0 fully saturated rings. The zero-order valence-corrected chi connectivity index (χ0v) is 13.6. The number of carbonyl (C=O) groups excluding carboxylic acids is 1. The van der Waals surface area contributed by atoms with Gasteiger partial charge in [0.1, 0.15) is 11.6 Å². The zero-order chi connectivity index (χ0) is 17.0. The number of carbonyl (C=O) groups is 1. The Morgan fingerprint density at radius 3 is 2.74 bits per heavy atom. The molecule has 1 N–H and O–H groups in total. The molecular formula is C15H12BrFN2O4. The lowest BCUT2D eigenvalue weighted by atomic mass is 10.1. The van der Waals surface area contributed by atoms with Crippen molar-refractivity contribution in [2.24, 2.45) is 0 Å². The van der Waals surface area contributed by atoms with Crippen LogP contribution in [0, 0.1) is 15.9 Å². The van der Waals surface area contributed by atoms with Crippen molar-refractivity contribution in [3.05, 3.63) is 62.4 Å². The Bertz CT molecular complexity index is 767. The Balaban J connectivity index is 2.21. The van der Waals surface area contributed by atoms with Crippen molar-refractivity contribution in [2.75, 3.05) is 12.4 Å². The summed E-state index contributed by atoms with van der Waals surface area (Å²) in [5.41, 5.74) is 0.179. The van der Waals surface area contributed by atoms with Crippen molar-refractivity contribution in [1.29, 1.82) is 0 Å². The molecule has 2 aromatic carbocycles. The molecule has 0 aliphatic rings. The highest BCUT2D eigenvalue weighted by Crippen LogP contribution is 2.29. The number of benzene rings is 2. The van der Waals surface area contributed by atoms with Gasteiger partial charge in [-0.05, 0) is 29.8 Å². The maximum Gasteiger partial charge on any atom is 0.271 e. The van der Waals surface area contributed by atoms with E-state index in [1.165, 1.54) is 43.5 Å². The number of anilines is 1. The minimum atomic E-state index is -0.580. The molecule has 0 bridgehead atoms. The predicted octanol–water partition coefficient (Wildman–Crippen LogP) is 3.69. The molecule has 0 aliphatic carbocycles. The van der Waals surface area contributed by atoms with Crippen molar-refractivity contribution in [1.82, 2.24) is 0 Å². The molecule has 0 heterocycles. The lowest BCUT2D eigenvalue weighted by molar-refractivity contribution is -0.384. The maximum atomic E-state index is 13.7. The minimum Gasteiger partial charge on any atom is -0.495 e. The first-order valence-electron chi connectivity index (χ1n) is 6.47. The second-order valence-corrected chi connectivity index (χ2v) is 5.52. The summed E-state index contributed by atoms with van der Waals surface area (Å²) in [5.74, 6) is -0.742. The Morgan fingerprint density at radius 1 is 1.35 bits per heavy atom. The molecule has 1 amide bonds. The number of nitro groups is 1. The number of halogens is 2. The molecule has 0 spiro atoms. The van der Waals surface area contributed by atoms with Crippen LogP contribution in [0.15, 0.2) is 40.9 Å². The number of hydrogen-bond acceptors (Lipinski definition) is 4. The molecule has 0 atom stereocenters. The lowest BCUT2D eigenvalue weighted by Crippen LogP contribution is -2.16. The summed E-state index contributed by atoms with van der Waals surface area (Å²) in [4.78, 5) is 22.3. The smallest absolute Gasteiger partial charge is 0.271 e. The molecule has 6 nitrogen and oxygen atoms in total. The number of nitrogens with zero attached hydrogens (tertiary/aromatic N) is 1. The number of nitrogens with one attached hydrogen (secondary N) is 1. The van der Waals surface area contributed by atoms with Gasteiger partial charge in [0.05, 0.1) is 24.1 Å². The average molecular weight is 383 g/mol. The molecule has 120 valence electrons. The molecular weight excluding hydrogens is 371 g/mol. The van der Waals surface area contributed by atoms with Gasteiger partial charge in [-0.3, -0.25) is 14.9 Å². The largest absolute Gasteiger partial charge is 0.495 e. The van der Waals surface area contributed by atoms with E-state index < -0.39 is 16.6 Å². The lowest BCUT2D eigenvalue weighted by Gasteiger charge is -2.10. The van der Waals surface area contributed by atoms with E-state index >= 15 is 0 Å². The van der Waals surface area contributed by atoms with Crippen LogP contribution in [0.3, 0.4) is 0 Å². The number of amides is 1. The second kappa shape index (κ2) is 7.19. The fraction of sp³-hybridized carbons (Fsp3) is 0.133. The number of rotatable bonds is 5. The van der Waals surface area contributed by atoms with Gasteiger partial charge >= 0.3 is 0 Å². The van der Waals surface area contributed by atoms with E-state index in [0.717, 1.165) is 0 Å². The number of non-ortho nitro benzene ring substituents is 1. The molecule has 23 heavy (non-hydrogen) atoms. The van der Waals surface area contributed by atoms with E-state index in [1.54, 1.807) is 0 Å². The van der Waals surface area contributed by atoms with Crippen molar-refractivity contribution in [3.8, 4) is 5.75 Å². The molecule has 0 unspecified atom stereocenters. The average Bonchev–Trinajstić information content (AvgIpc) is 2.50. The first-order chi connectivity index (χ1) is 10.9. The Kier molecular flexibility index (Phi) is 5.28. The number of nitro benzene ring substituents is 1. The third-order valence-corrected chi connectivity index (χ3v) is 3.52. The Labute approximate surface area is 139 Å². The van der Waals surface area contributed by atoms with Crippen LogP contribution in [0.1, 0.15) is 5.56 Å². The van der Waals surface area contributed by atoms with Gasteiger partial charge < -0.3 is 10.1 Å². The molecule has 2 rings (SSSR count). The van der Waals surface area contributed by atoms with Crippen molar-refractivity contribution in [3.63, 3.8) is 0 Å². The standard InChI is InChI=1S/C15H12BrFN2O4/c1-23-14-5-3-11(19(21)22)8-13(14)18-15(20)7-9-6-10(16)2-4-12(9)17/h2-6,8H,7H2,1H3,(H,18,20). The van der Waals surface area contributed by atoms with Crippen LogP contribution in [-0.4, -0.2) is 17.9 Å². The Morgan fingerprint density at radius 2 is 2.09 bits per heavy atom. The van der Waals surface area contributed by atoms with Crippen LogP contribution in [-0.2, 0) is 11.2 Å². The molecule has 8 heteroatoms. The summed E-state index contributed by atoms with van der Waals surface area (Å²) >= 11 is 3.21. The van der Waals surface area contributed by atoms with Crippen LogP contribution in [0.2, 0.25) is 0 Å². The predicted molar refractivity (Wildman–Crippen MR) is 86.1 cm³/mol. The monoisotopic (exact) mass is 382 g/mol. The normalized spacial score (nSPS) is 10.2. The van der Waals surface area contributed by atoms with Gasteiger partial charge in [-0.25, -0.2) is 4.39 Å². The van der Waals surface area contributed by atoms with Crippen molar-refractivity contribution < 1.29 is 18.8 Å². The molecule has 0 saturated heterocycles. The fourth-order valence-electron chi connectivity index (χ4n) is 1.95. The molecule has 0 radical (unpaired) electrons. The highest BCUT2D eigenvalue weighted by atomic mass is 79.9. The van der Waals surface area contributed by atoms with Gasteiger partial charge in [0.15, 0.2) is 0 Å². The summed E-state index contributed by atoms with van der Waals surface area (Å²) in [6.45, 7) is 0. The summed E-state index contributed by atoms with van der Waals surface area (Å²) < 4.78 is 19.4. The van der Waals surface area contributed by atoms with E-state index in [2.05, 4.69) is 21.2 Å². The van der Waals surface area contributed by atoms with Gasteiger partial charge in [-0.2, -0.15) is 0 Å². The van der Waals surface area contributed by atoms with Crippen molar-refractivity contribution in [2.45, 2.75) is 6.42 Å². The molecule has 2 aromatic rings. The van der Waals surface area contributed by atoms with Crippen LogP contribution in [0.25, 0.3) is 0 Å². The number of hydrogen-bond donors (Lipinski definition) is 1. The van der Waals surface area contributed by atoms with Crippen LogP contribution >= 0.6 is 15.9 Å². The van der Waals surface area contributed by atoms with Crippen LogP contribution < -0.4 is 10.1 Å².